The van der Waals surface area contributed by atoms with Gasteiger partial charge in [-0.25, -0.2) is 0 Å². The summed E-state index contributed by atoms with van der Waals surface area (Å²) in [6, 6.07) is 0.873. The van der Waals surface area contributed by atoms with Crippen molar-refractivity contribution >= 4 is 11.9 Å². The summed E-state index contributed by atoms with van der Waals surface area (Å²) in [5.41, 5.74) is 0. The van der Waals surface area contributed by atoms with Gasteiger partial charge in [0.1, 0.15) is 0 Å². The summed E-state index contributed by atoms with van der Waals surface area (Å²) < 4.78 is 5.59. The van der Waals surface area contributed by atoms with Gasteiger partial charge >= 0.3 is 6.01 Å². The van der Waals surface area contributed by atoms with Crippen molar-refractivity contribution in [2.75, 3.05) is 17.2 Å². The Morgan fingerprint density at radius 2 is 1.95 bits per heavy atom. The topological polar surface area (TPSA) is 72.0 Å². The molecule has 6 nitrogen and oxygen atoms in total. The van der Waals surface area contributed by atoms with E-state index in [1.807, 2.05) is 13.8 Å². The molecule has 0 radical (unpaired) electrons. The Hall–Kier alpha value is -1.59. The van der Waals surface area contributed by atoms with E-state index < -0.39 is 0 Å². The average molecular weight is 279 g/mol. The molecule has 20 heavy (non-hydrogen) atoms. The summed E-state index contributed by atoms with van der Waals surface area (Å²) >= 11 is 0. The standard InChI is InChI=1S/C14H25N5O/c1-5-7-15-12-17-13(16-11-8-10(11)6-2)19-14(18-12)20-9(3)4/h9-11H,5-8H2,1-4H3,(H2,15,16,17,18,19). The molecule has 0 spiro atoms. The van der Waals surface area contributed by atoms with Crippen LogP contribution in [-0.4, -0.2) is 33.6 Å². The van der Waals surface area contributed by atoms with E-state index in [9.17, 15) is 0 Å². The molecule has 1 saturated carbocycles. The number of aromatic nitrogens is 3. The Kier molecular flexibility index (Phi) is 4.98. The maximum atomic E-state index is 5.59. The molecule has 112 valence electrons. The average Bonchev–Trinajstić information content (AvgIpc) is 3.13. The number of hydrogen-bond donors (Lipinski definition) is 2. The minimum atomic E-state index is 0.0496. The second kappa shape index (κ2) is 6.72. The molecule has 1 aliphatic carbocycles. The summed E-state index contributed by atoms with van der Waals surface area (Å²) in [4.78, 5) is 13.0. The number of ether oxygens (including phenoxy) is 1. The minimum absolute atomic E-state index is 0.0496. The van der Waals surface area contributed by atoms with E-state index >= 15 is 0 Å². The molecule has 1 aromatic rings. The fourth-order valence-corrected chi connectivity index (χ4v) is 2.04. The molecule has 2 unspecified atom stereocenters. The highest BCUT2D eigenvalue weighted by molar-refractivity contribution is 5.38. The van der Waals surface area contributed by atoms with Crippen molar-refractivity contribution < 1.29 is 4.74 Å². The van der Waals surface area contributed by atoms with Crippen molar-refractivity contribution in [3.63, 3.8) is 0 Å². The Labute approximate surface area is 120 Å². The van der Waals surface area contributed by atoms with Crippen LogP contribution in [0.4, 0.5) is 11.9 Å². The van der Waals surface area contributed by atoms with Crippen molar-refractivity contribution in [2.24, 2.45) is 5.92 Å². The summed E-state index contributed by atoms with van der Waals surface area (Å²) in [6.45, 7) is 9.08. The first-order valence-corrected chi connectivity index (χ1v) is 7.55. The Morgan fingerprint density at radius 1 is 1.20 bits per heavy atom. The molecule has 0 aliphatic heterocycles. The van der Waals surface area contributed by atoms with Crippen molar-refractivity contribution in [1.82, 2.24) is 15.0 Å². The Morgan fingerprint density at radius 3 is 2.55 bits per heavy atom. The van der Waals surface area contributed by atoms with Crippen LogP contribution in [0.15, 0.2) is 0 Å². The van der Waals surface area contributed by atoms with E-state index in [1.165, 1.54) is 12.8 Å². The zero-order valence-corrected chi connectivity index (χ0v) is 12.8. The molecule has 2 N–H and O–H groups in total. The molecule has 1 aromatic heterocycles. The zero-order chi connectivity index (χ0) is 14.5. The van der Waals surface area contributed by atoms with Gasteiger partial charge in [-0.1, -0.05) is 20.3 Å². The molecule has 0 saturated heterocycles. The van der Waals surface area contributed by atoms with E-state index in [0.717, 1.165) is 18.9 Å². The van der Waals surface area contributed by atoms with Crippen LogP contribution in [0, 0.1) is 5.92 Å². The predicted molar refractivity (Wildman–Crippen MR) is 80.2 cm³/mol. The van der Waals surface area contributed by atoms with Crippen molar-refractivity contribution in [3.05, 3.63) is 0 Å². The van der Waals surface area contributed by atoms with Gasteiger partial charge in [-0.15, -0.1) is 0 Å². The summed E-state index contributed by atoms with van der Waals surface area (Å²) in [6.07, 6.45) is 3.46. The largest absolute Gasteiger partial charge is 0.461 e. The van der Waals surface area contributed by atoms with E-state index in [4.69, 9.17) is 4.74 Å². The highest BCUT2D eigenvalue weighted by atomic mass is 16.5. The fourth-order valence-electron chi connectivity index (χ4n) is 2.04. The molecule has 1 aliphatic rings. The van der Waals surface area contributed by atoms with Gasteiger partial charge in [0.05, 0.1) is 6.10 Å². The Balaban J connectivity index is 2.07. The molecule has 2 rings (SSSR count). The number of rotatable bonds is 8. The molecular formula is C14H25N5O. The van der Waals surface area contributed by atoms with Crippen LogP contribution in [0.3, 0.4) is 0 Å². The van der Waals surface area contributed by atoms with Gasteiger partial charge < -0.3 is 15.4 Å². The lowest BCUT2D eigenvalue weighted by molar-refractivity contribution is 0.222. The molecule has 0 bridgehead atoms. The summed E-state index contributed by atoms with van der Waals surface area (Å²) in [5.74, 6) is 1.93. The normalized spacial score (nSPS) is 20.9. The first-order valence-electron chi connectivity index (χ1n) is 7.55. The zero-order valence-electron chi connectivity index (χ0n) is 12.8. The third kappa shape index (κ3) is 4.21. The van der Waals surface area contributed by atoms with E-state index in [-0.39, 0.29) is 6.10 Å². The lowest BCUT2D eigenvalue weighted by Crippen LogP contribution is -2.15. The maximum Gasteiger partial charge on any atom is 0.323 e. The van der Waals surface area contributed by atoms with Gasteiger partial charge in [-0.3, -0.25) is 0 Å². The monoisotopic (exact) mass is 279 g/mol. The van der Waals surface area contributed by atoms with Crippen LogP contribution < -0.4 is 15.4 Å². The smallest absolute Gasteiger partial charge is 0.323 e. The van der Waals surface area contributed by atoms with Crippen molar-refractivity contribution in [1.29, 1.82) is 0 Å². The summed E-state index contributed by atoms with van der Waals surface area (Å²) in [7, 11) is 0. The minimum Gasteiger partial charge on any atom is -0.461 e. The van der Waals surface area contributed by atoms with Crippen molar-refractivity contribution in [3.8, 4) is 6.01 Å². The molecular weight excluding hydrogens is 254 g/mol. The van der Waals surface area contributed by atoms with Gasteiger partial charge in [0, 0.05) is 12.6 Å². The highest BCUT2D eigenvalue weighted by Crippen LogP contribution is 2.35. The molecule has 1 heterocycles. The second-order valence-electron chi connectivity index (χ2n) is 5.51. The van der Waals surface area contributed by atoms with E-state index in [0.29, 0.717) is 23.9 Å². The van der Waals surface area contributed by atoms with Gasteiger partial charge in [0.15, 0.2) is 0 Å². The molecule has 0 aromatic carbocycles. The first kappa shape index (κ1) is 14.8. The number of anilines is 2. The third-order valence-corrected chi connectivity index (χ3v) is 3.25. The quantitative estimate of drug-likeness (QED) is 0.762. The number of hydrogen-bond acceptors (Lipinski definition) is 6. The Bertz CT molecular complexity index is 438. The van der Waals surface area contributed by atoms with E-state index in [2.05, 4.69) is 39.4 Å². The first-order chi connectivity index (χ1) is 9.62. The van der Waals surface area contributed by atoms with Crippen LogP contribution in [0.2, 0.25) is 0 Å². The summed E-state index contributed by atoms with van der Waals surface area (Å²) in [5, 5.41) is 6.55. The third-order valence-electron chi connectivity index (χ3n) is 3.25. The van der Waals surface area contributed by atoms with Gasteiger partial charge in [0.25, 0.3) is 0 Å². The van der Waals surface area contributed by atoms with Gasteiger partial charge in [0.2, 0.25) is 11.9 Å². The van der Waals surface area contributed by atoms with Gasteiger partial charge in [-0.2, -0.15) is 15.0 Å². The number of nitrogens with one attached hydrogen (secondary N) is 2. The maximum absolute atomic E-state index is 5.59. The molecule has 0 amide bonds. The molecule has 6 heteroatoms. The van der Waals surface area contributed by atoms with Crippen LogP contribution >= 0.6 is 0 Å². The van der Waals surface area contributed by atoms with E-state index in [1.54, 1.807) is 0 Å². The number of nitrogens with zero attached hydrogens (tertiary/aromatic N) is 3. The van der Waals surface area contributed by atoms with Crippen molar-refractivity contribution in [2.45, 2.75) is 59.1 Å². The highest BCUT2D eigenvalue weighted by Gasteiger charge is 2.35. The molecule has 1 fully saturated rings. The fraction of sp³-hybridized carbons (Fsp3) is 0.786. The lowest BCUT2D eigenvalue weighted by atomic mass is 10.3. The molecule has 2 atom stereocenters. The van der Waals surface area contributed by atoms with Gasteiger partial charge in [-0.05, 0) is 32.6 Å². The van der Waals surface area contributed by atoms with Crippen LogP contribution in [0.5, 0.6) is 6.01 Å². The predicted octanol–water partition coefficient (Wildman–Crippen LogP) is 2.69. The van der Waals surface area contributed by atoms with Crippen LogP contribution in [0.1, 0.15) is 47.0 Å². The SMILES string of the molecule is CCCNc1nc(NC2CC2CC)nc(OC(C)C)n1. The second-order valence-corrected chi connectivity index (χ2v) is 5.51. The van der Waals surface area contributed by atoms with Crippen LogP contribution in [-0.2, 0) is 0 Å². The van der Waals surface area contributed by atoms with Crippen LogP contribution in [0.25, 0.3) is 0 Å². The lowest BCUT2D eigenvalue weighted by Gasteiger charge is -2.12.